The van der Waals surface area contributed by atoms with Gasteiger partial charge in [0.25, 0.3) is 0 Å². The van der Waals surface area contributed by atoms with Gasteiger partial charge in [0.15, 0.2) is 5.69 Å². The molecule has 0 unspecified atom stereocenters. The standard InChI is InChI=1S/C8H3F3N2O2/c9-8(10,11)6-5(7(14)15)2-1-4(3-12)13-6/h1-2H,(H,14,15). The summed E-state index contributed by atoms with van der Waals surface area (Å²) in [5.74, 6) is -1.74. The maximum Gasteiger partial charge on any atom is 0.434 e. The molecule has 0 aliphatic rings. The molecule has 4 nitrogen and oxygen atoms in total. The van der Waals surface area contributed by atoms with Crippen molar-refractivity contribution in [2.24, 2.45) is 0 Å². The van der Waals surface area contributed by atoms with Crippen LogP contribution in [0.2, 0.25) is 0 Å². The van der Waals surface area contributed by atoms with Crippen LogP contribution in [0.25, 0.3) is 0 Å². The molecular formula is C8H3F3N2O2. The highest BCUT2D eigenvalue weighted by molar-refractivity contribution is 5.89. The number of pyridine rings is 1. The average molecular weight is 216 g/mol. The van der Waals surface area contributed by atoms with E-state index in [4.69, 9.17) is 10.4 Å². The van der Waals surface area contributed by atoms with Crippen LogP contribution in [0.3, 0.4) is 0 Å². The molecule has 0 bridgehead atoms. The van der Waals surface area contributed by atoms with Gasteiger partial charge in [-0.1, -0.05) is 0 Å². The zero-order chi connectivity index (χ0) is 11.6. The number of hydrogen-bond acceptors (Lipinski definition) is 3. The van der Waals surface area contributed by atoms with Gasteiger partial charge in [-0.3, -0.25) is 0 Å². The molecule has 1 heterocycles. The van der Waals surface area contributed by atoms with E-state index < -0.39 is 29.1 Å². The maximum atomic E-state index is 12.3. The molecule has 1 aromatic rings. The smallest absolute Gasteiger partial charge is 0.434 e. The fourth-order valence-corrected chi connectivity index (χ4v) is 0.910. The third-order valence-corrected chi connectivity index (χ3v) is 1.51. The predicted octanol–water partition coefficient (Wildman–Crippen LogP) is 1.67. The van der Waals surface area contributed by atoms with Gasteiger partial charge in [-0.05, 0) is 12.1 Å². The van der Waals surface area contributed by atoms with Gasteiger partial charge in [0.05, 0.1) is 5.56 Å². The Morgan fingerprint density at radius 3 is 2.47 bits per heavy atom. The van der Waals surface area contributed by atoms with Crippen molar-refractivity contribution in [1.82, 2.24) is 4.98 Å². The maximum absolute atomic E-state index is 12.3. The van der Waals surface area contributed by atoms with Crippen LogP contribution in [-0.4, -0.2) is 16.1 Å². The number of alkyl halides is 3. The lowest BCUT2D eigenvalue weighted by Gasteiger charge is -2.08. The van der Waals surface area contributed by atoms with Gasteiger partial charge >= 0.3 is 12.1 Å². The first-order chi connectivity index (χ1) is 6.86. The van der Waals surface area contributed by atoms with Crippen LogP contribution in [0.15, 0.2) is 12.1 Å². The number of carbonyl (C=O) groups is 1. The molecule has 0 aliphatic heterocycles. The summed E-state index contributed by atoms with van der Waals surface area (Å²) in [5, 5.41) is 16.8. The quantitative estimate of drug-likeness (QED) is 0.774. The lowest BCUT2D eigenvalue weighted by molar-refractivity contribution is -0.141. The second-order valence-corrected chi connectivity index (χ2v) is 2.51. The highest BCUT2D eigenvalue weighted by Gasteiger charge is 2.37. The molecule has 0 saturated heterocycles. The zero-order valence-electron chi connectivity index (χ0n) is 7.04. The minimum atomic E-state index is -4.89. The van der Waals surface area contributed by atoms with Crippen LogP contribution in [0.1, 0.15) is 21.7 Å². The summed E-state index contributed by atoms with van der Waals surface area (Å²) >= 11 is 0. The second-order valence-electron chi connectivity index (χ2n) is 2.51. The first-order valence-electron chi connectivity index (χ1n) is 3.58. The number of nitrogens with zero attached hydrogens (tertiary/aromatic N) is 2. The van der Waals surface area contributed by atoms with Gasteiger partial charge in [0.1, 0.15) is 11.8 Å². The summed E-state index contributed by atoms with van der Waals surface area (Å²) in [6.45, 7) is 0. The van der Waals surface area contributed by atoms with E-state index in [9.17, 15) is 18.0 Å². The van der Waals surface area contributed by atoms with Crippen LogP contribution in [0.5, 0.6) is 0 Å². The number of nitriles is 1. The lowest BCUT2D eigenvalue weighted by Crippen LogP contribution is -2.15. The zero-order valence-corrected chi connectivity index (χ0v) is 7.04. The number of rotatable bonds is 1. The Labute approximate surface area is 81.6 Å². The molecular weight excluding hydrogens is 213 g/mol. The molecule has 0 aromatic carbocycles. The fourth-order valence-electron chi connectivity index (χ4n) is 0.910. The molecule has 0 fully saturated rings. The first kappa shape index (κ1) is 11.0. The molecule has 1 aromatic heterocycles. The van der Waals surface area contributed by atoms with Gasteiger partial charge in [-0.25, -0.2) is 9.78 Å². The van der Waals surface area contributed by atoms with Crippen molar-refractivity contribution in [2.45, 2.75) is 6.18 Å². The second kappa shape index (κ2) is 3.57. The van der Waals surface area contributed by atoms with Crippen LogP contribution >= 0.6 is 0 Å². The van der Waals surface area contributed by atoms with Crippen LogP contribution in [0, 0.1) is 11.3 Å². The van der Waals surface area contributed by atoms with Crippen LogP contribution in [0.4, 0.5) is 13.2 Å². The van der Waals surface area contributed by atoms with E-state index in [2.05, 4.69) is 4.98 Å². The van der Waals surface area contributed by atoms with Gasteiger partial charge in [0.2, 0.25) is 0 Å². The molecule has 0 aliphatic carbocycles. The van der Waals surface area contributed by atoms with Crippen molar-refractivity contribution < 1.29 is 23.1 Å². The highest BCUT2D eigenvalue weighted by Crippen LogP contribution is 2.30. The SMILES string of the molecule is N#Cc1ccc(C(=O)O)c(C(F)(F)F)n1. The summed E-state index contributed by atoms with van der Waals surface area (Å²) in [5.41, 5.74) is -3.01. The third kappa shape index (κ3) is 2.22. The van der Waals surface area contributed by atoms with Gasteiger partial charge in [-0.15, -0.1) is 0 Å². The number of carboxylic acid groups (broad SMARTS) is 1. The molecule has 15 heavy (non-hydrogen) atoms. The normalized spacial score (nSPS) is 10.8. The Morgan fingerprint density at radius 1 is 1.47 bits per heavy atom. The molecule has 0 saturated carbocycles. The topological polar surface area (TPSA) is 74.0 Å². The van der Waals surface area contributed by atoms with Crippen molar-refractivity contribution >= 4 is 5.97 Å². The van der Waals surface area contributed by atoms with E-state index in [1.165, 1.54) is 6.07 Å². The van der Waals surface area contributed by atoms with Crippen LogP contribution in [-0.2, 0) is 6.18 Å². The van der Waals surface area contributed by atoms with E-state index in [1.54, 1.807) is 0 Å². The van der Waals surface area contributed by atoms with Gasteiger partial charge < -0.3 is 5.11 Å². The van der Waals surface area contributed by atoms with Crippen molar-refractivity contribution in [2.75, 3.05) is 0 Å². The molecule has 0 atom stereocenters. The Balaban J connectivity index is 3.44. The number of hydrogen-bond donors (Lipinski definition) is 1. The van der Waals surface area contributed by atoms with Crippen LogP contribution < -0.4 is 0 Å². The lowest BCUT2D eigenvalue weighted by atomic mass is 10.1. The van der Waals surface area contributed by atoms with Crippen molar-refractivity contribution in [3.05, 3.63) is 29.1 Å². The summed E-state index contributed by atoms with van der Waals surface area (Å²) in [7, 11) is 0. The van der Waals surface area contributed by atoms with E-state index in [0.29, 0.717) is 6.07 Å². The Morgan fingerprint density at radius 2 is 2.07 bits per heavy atom. The minimum Gasteiger partial charge on any atom is -0.478 e. The molecule has 1 rings (SSSR count). The summed E-state index contributed by atoms with van der Waals surface area (Å²) in [4.78, 5) is 13.4. The predicted molar refractivity (Wildman–Crippen MR) is 40.9 cm³/mol. The number of aromatic nitrogens is 1. The first-order valence-corrected chi connectivity index (χ1v) is 3.58. The van der Waals surface area contributed by atoms with Gasteiger partial charge in [0, 0.05) is 0 Å². The van der Waals surface area contributed by atoms with E-state index >= 15 is 0 Å². The van der Waals surface area contributed by atoms with E-state index in [0.717, 1.165) is 6.07 Å². The molecule has 0 amide bonds. The van der Waals surface area contributed by atoms with Crippen molar-refractivity contribution in [3.8, 4) is 6.07 Å². The Kier molecular flexibility index (Phi) is 2.61. The van der Waals surface area contributed by atoms with Gasteiger partial charge in [-0.2, -0.15) is 18.4 Å². The Hall–Kier alpha value is -2.10. The summed E-state index contributed by atoms with van der Waals surface area (Å²) in [6, 6.07) is 3.02. The molecule has 78 valence electrons. The number of halogens is 3. The van der Waals surface area contributed by atoms with Crippen molar-refractivity contribution in [1.29, 1.82) is 5.26 Å². The van der Waals surface area contributed by atoms with E-state index in [1.807, 2.05) is 0 Å². The van der Waals surface area contributed by atoms with Crippen molar-refractivity contribution in [3.63, 3.8) is 0 Å². The summed E-state index contributed by atoms with van der Waals surface area (Å²) < 4.78 is 36.9. The third-order valence-electron chi connectivity index (χ3n) is 1.51. The largest absolute Gasteiger partial charge is 0.478 e. The number of carboxylic acids is 1. The molecule has 7 heteroatoms. The minimum absolute atomic E-state index is 0.479. The molecule has 0 radical (unpaired) electrons. The summed E-state index contributed by atoms with van der Waals surface area (Å²) in [6.07, 6.45) is -4.89. The monoisotopic (exact) mass is 216 g/mol. The highest BCUT2D eigenvalue weighted by atomic mass is 19.4. The fraction of sp³-hybridized carbons (Fsp3) is 0.125. The Bertz CT molecular complexity index is 448. The molecule has 0 spiro atoms. The number of aromatic carboxylic acids is 1. The molecule has 1 N–H and O–H groups in total. The van der Waals surface area contributed by atoms with E-state index in [-0.39, 0.29) is 0 Å². The average Bonchev–Trinajstić information content (AvgIpc) is 2.15.